The zero-order chi connectivity index (χ0) is 20.7. The van der Waals surface area contributed by atoms with Crippen LogP contribution < -0.4 is 18.9 Å². The predicted molar refractivity (Wildman–Crippen MR) is 109 cm³/mol. The van der Waals surface area contributed by atoms with E-state index in [1.54, 1.807) is 14.2 Å². The third-order valence-electron chi connectivity index (χ3n) is 5.28. The largest absolute Gasteiger partial charge is 0.493 e. The van der Waals surface area contributed by atoms with Crippen molar-refractivity contribution < 1.29 is 23.7 Å². The number of ether oxygens (including phenoxy) is 4. The van der Waals surface area contributed by atoms with Gasteiger partial charge in [0.15, 0.2) is 17.3 Å². The number of fused-ring (bicyclic) bond motifs is 2. The van der Waals surface area contributed by atoms with Crippen molar-refractivity contribution in [3.63, 3.8) is 0 Å². The number of hydrogen-bond donors (Lipinski definition) is 0. The van der Waals surface area contributed by atoms with Crippen molar-refractivity contribution >= 4 is 5.78 Å². The third kappa shape index (κ3) is 3.34. The van der Waals surface area contributed by atoms with E-state index in [0.717, 1.165) is 28.0 Å². The van der Waals surface area contributed by atoms with E-state index in [0.29, 0.717) is 48.4 Å². The first-order valence-corrected chi connectivity index (χ1v) is 9.55. The molecule has 2 aromatic carbocycles. The van der Waals surface area contributed by atoms with Gasteiger partial charge in [-0.1, -0.05) is 6.07 Å². The molecule has 0 aromatic heterocycles. The van der Waals surface area contributed by atoms with Crippen molar-refractivity contribution in [2.45, 2.75) is 33.9 Å². The number of ketones is 1. The summed E-state index contributed by atoms with van der Waals surface area (Å²) in [5, 5.41) is 0. The lowest BCUT2D eigenvalue weighted by Gasteiger charge is -2.30. The Hall–Kier alpha value is -2.99. The van der Waals surface area contributed by atoms with E-state index in [4.69, 9.17) is 18.9 Å². The van der Waals surface area contributed by atoms with E-state index in [9.17, 15) is 4.79 Å². The Morgan fingerprint density at radius 3 is 2.55 bits per heavy atom. The standard InChI is InChI=1S/C23H25NO5/c1-13(2)21-20(25)17-9-16-11-24(12-28-22(16)14(3)23(17)29-21)10-15-6-7-18(26-4)19(8-15)27-5/h6-9H,10-12H2,1-5H3. The van der Waals surface area contributed by atoms with Gasteiger partial charge in [-0.3, -0.25) is 9.69 Å². The number of hydrogen-bond acceptors (Lipinski definition) is 6. The maximum atomic E-state index is 12.7. The van der Waals surface area contributed by atoms with Crippen LogP contribution in [-0.4, -0.2) is 31.6 Å². The Balaban J connectivity index is 1.59. The number of rotatable bonds is 4. The highest BCUT2D eigenvalue weighted by molar-refractivity contribution is 6.13. The fourth-order valence-electron chi connectivity index (χ4n) is 3.85. The summed E-state index contributed by atoms with van der Waals surface area (Å²) in [5.41, 5.74) is 4.47. The maximum absolute atomic E-state index is 12.7. The molecule has 0 N–H and O–H groups in total. The summed E-state index contributed by atoms with van der Waals surface area (Å²) in [6, 6.07) is 7.81. The molecule has 0 amide bonds. The van der Waals surface area contributed by atoms with Gasteiger partial charge in [-0.2, -0.15) is 0 Å². The van der Waals surface area contributed by atoms with Crippen LogP contribution in [0.3, 0.4) is 0 Å². The molecule has 0 unspecified atom stereocenters. The van der Waals surface area contributed by atoms with Gasteiger partial charge in [0, 0.05) is 24.2 Å². The van der Waals surface area contributed by atoms with Crippen LogP contribution in [0.1, 0.15) is 40.9 Å². The average molecular weight is 395 g/mol. The summed E-state index contributed by atoms with van der Waals surface area (Å²) in [6.07, 6.45) is 0. The third-order valence-corrected chi connectivity index (χ3v) is 5.28. The monoisotopic (exact) mass is 395 g/mol. The number of carbonyl (C=O) groups is 1. The van der Waals surface area contributed by atoms with Crippen molar-refractivity contribution in [1.82, 2.24) is 4.90 Å². The van der Waals surface area contributed by atoms with Gasteiger partial charge >= 0.3 is 0 Å². The maximum Gasteiger partial charge on any atom is 0.231 e. The second-order valence-electron chi connectivity index (χ2n) is 7.58. The van der Waals surface area contributed by atoms with E-state index in [-0.39, 0.29) is 5.78 Å². The predicted octanol–water partition coefficient (Wildman–Crippen LogP) is 4.23. The van der Waals surface area contributed by atoms with Crippen LogP contribution in [0.4, 0.5) is 0 Å². The molecule has 0 aliphatic carbocycles. The van der Waals surface area contributed by atoms with Crippen LogP contribution in [0, 0.1) is 6.92 Å². The quantitative estimate of drug-likeness (QED) is 0.722. The molecule has 0 radical (unpaired) electrons. The van der Waals surface area contributed by atoms with Gasteiger partial charge in [0.05, 0.1) is 19.8 Å². The van der Waals surface area contributed by atoms with Crippen molar-refractivity contribution in [1.29, 1.82) is 0 Å². The van der Waals surface area contributed by atoms with Gasteiger partial charge in [0.2, 0.25) is 5.78 Å². The van der Waals surface area contributed by atoms with Crippen molar-refractivity contribution in [2.24, 2.45) is 0 Å². The molecule has 6 nitrogen and oxygen atoms in total. The Morgan fingerprint density at radius 1 is 1.10 bits per heavy atom. The lowest BCUT2D eigenvalue weighted by Crippen LogP contribution is -2.32. The van der Waals surface area contributed by atoms with E-state index >= 15 is 0 Å². The first kappa shape index (κ1) is 19.3. The molecule has 2 aliphatic rings. The van der Waals surface area contributed by atoms with Crippen LogP contribution in [0.25, 0.3) is 0 Å². The van der Waals surface area contributed by atoms with E-state index in [2.05, 4.69) is 4.90 Å². The number of allylic oxidation sites excluding steroid dienone is 2. The molecule has 152 valence electrons. The highest BCUT2D eigenvalue weighted by Gasteiger charge is 2.34. The summed E-state index contributed by atoms with van der Waals surface area (Å²) in [4.78, 5) is 14.9. The van der Waals surface area contributed by atoms with Crippen LogP contribution in [-0.2, 0) is 13.1 Å². The molecule has 29 heavy (non-hydrogen) atoms. The number of methoxy groups -OCH3 is 2. The van der Waals surface area contributed by atoms with E-state index < -0.39 is 0 Å². The second kappa shape index (κ2) is 7.44. The molecule has 2 heterocycles. The number of nitrogens with zero attached hydrogens (tertiary/aromatic N) is 1. The zero-order valence-corrected chi connectivity index (χ0v) is 17.4. The summed E-state index contributed by atoms with van der Waals surface area (Å²) in [5.74, 6) is 3.22. The Kier molecular flexibility index (Phi) is 4.96. The number of carbonyl (C=O) groups excluding carboxylic acids is 1. The van der Waals surface area contributed by atoms with Crippen LogP contribution in [0.5, 0.6) is 23.0 Å². The summed E-state index contributed by atoms with van der Waals surface area (Å²) < 4.78 is 22.6. The Labute approximate surface area is 170 Å². The SMILES string of the molecule is COc1ccc(CN2COc3c(cc4c(c3C)OC(=C(C)C)C4=O)C2)cc1OC. The highest BCUT2D eigenvalue weighted by atomic mass is 16.5. The molecule has 0 saturated carbocycles. The fourth-order valence-corrected chi connectivity index (χ4v) is 3.85. The summed E-state index contributed by atoms with van der Waals surface area (Å²) in [6.45, 7) is 7.56. The Morgan fingerprint density at radius 2 is 1.86 bits per heavy atom. The van der Waals surface area contributed by atoms with Crippen molar-refractivity contribution in [2.75, 3.05) is 21.0 Å². The second-order valence-corrected chi connectivity index (χ2v) is 7.58. The van der Waals surface area contributed by atoms with Gasteiger partial charge < -0.3 is 18.9 Å². The number of benzene rings is 2. The van der Waals surface area contributed by atoms with Crippen molar-refractivity contribution in [3.8, 4) is 23.0 Å². The highest BCUT2D eigenvalue weighted by Crippen LogP contribution is 2.43. The molecule has 0 bridgehead atoms. The minimum atomic E-state index is -0.0529. The summed E-state index contributed by atoms with van der Waals surface area (Å²) in [7, 11) is 3.25. The lowest BCUT2D eigenvalue weighted by atomic mass is 9.99. The minimum absolute atomic E-state index is 0.0529. The molecular weight excluding hydrogens is 370 g/mol. The van der Waals surface area contributed by atoms with Gasteiger partial charge in [0.1, 0.15) is 18.2 Å². The minimum Gasteiger partial charge on any atom is -0.493 e. The molecule has 4 rings (SSSR count). The number of Topliss-reactive ketones (excluding diaryl/α,β-unsaturated/α-hetero) is 1. The average Bonchev–Trinajstić information content (AvgIpc) is 3.05. The molecule has 0 fully saturated rings. The summed E-state index contributed by atoms with van der Waals surface area (Å²) >= 11 is 0. The molecule has 0 spiro atoms. The first-order chi connectivity index (χ1) is 13.9. The van der Waals surface area contributed by atoms with E-state index in [1.807, 2.05) is 45.0 Å². The molecule has 2 aromatic rings. The van der Waals surface area contributed by atoms with Gasteiger partial charge in [0.25, 0.3) is 0 Å². The fraction of sp³-hybridized carbons (Fsp3) is 0.348. The molecular formula is C23H25NO5. The molecule has 2 aliphatic heterocycles. The van der Waals surface area contributed by atoms with Gasteiger partial charge in [-0.15, -0.1) is 0 Å². The van der Waals surface area contributed by atoms with Crippen LogP contribution in [0.2, 0.25) is 0 Å². The van der Waals surface area contributed by atoms with Crippen LogP contribution >= 0.6 is 0 Å². The van der Waals surface area contributed by atoms with Gasteiger partial charge in [-0.05, 0) is 50.1 Å². The lowest BCUT2D eigenvalue weighted by molar-refractivity contribution is 0.0876. The zero-order valence-electron chi connectivity index (χ0n) is 17.4. The molecule has 0 saturated heterocycles. The van der Waals surface area contributed by atoms with Crippen molar-refractivity contribution in [3.05, 3.63) is 57.9 Å². The molecule has 0 atom stereocenters. The van der Waals surface area contributed by atoms with Crippen LogP contribution in [0.15, 0.2) is 35.6 Å². The first-order valence-electron chi connectivity index (χ1n) is 9.55. The smallest absolute Gasteiger partial charge is 0.231 e. The van der Waals surface area contributed by atoms with E-state index in [1.165, 1.54) is 0 Å². The molecule has 6 heteroatoms. The van der Waals surface area contributed by atoms with Gasteiger partial charge in [-0.25, -0.2) is 0 Å². The topological polar surface area (TPSA) is 57.2 Å². The normalized spacial score (nSPS) is 15.3. The Bertz CT molecular complexity index is 1020.